The maximum atomic E-state index is 10.9. The number of benzene rings is 3. The number of phenolic OH excluding ortho intramolecular Hbond substituents is 1. The van der Waals surface area contributed by atoms with Crippen LogP contribution in [0, 0.1) is 0 Å². The van der Waals surface area contributed by atoms with Gasteiger partial charge in [0.2, 0.25) is 0 Å². The van der Waals surface area contributed by atoms with Gasteiger partial charge in [0.1, 0.15) is 5.75 Å². The molecule has 138 valence electrons. The van der Waals surface area contributed by atoms with Crippen LogP contribution in [0.5, 0.6) is 5.75 Å². The fourth-order valence-electron chi connectivity index (χ4n) is 4.89. The summed E-state index contributed by atoms with van der Waals surface area (Å²) in [5, 5.41) is 10.9. The van der Waals surface area contributed by atoms with E-state index in [4.69, 9.17) is 0 Å². The molecule has 0 amide bonds. The van der Waals surface area contributed by atoms with Gasteiger partial charge < -0.3 is 5.11 Å². The van der Waals surface area contributed by atoms with Crippen LogP contribution in [0.15, 0.2) is 60.7 Å². The molecule has 0 aliphatic heterocycles. The van der Waals surface area contributed by atoms with Crippen LogP contribution in [-0.4, -0.2) is 5.11 Å². The zero-order valence-corrected chi connectivity index (χ0v) is 16.7. The molecule has 1 aliphatic rings. The van der Waals surface area contributed by atoms with Crippen LogP contribution in [-0.2, 0) is 5.41 Å². The summed E-state index contributed by atoms with van der Waals surface area (Å²) in [6, 6.07) is 21.7. The van der Waals surface area contributed by atoms with Gasteiger partial charge in [-0.1, -0.05) is 82.3 Å². The molecule has 1 nitrogen and oxygen atoms in total. The van der Waals surface area contributed by atoms with E-state index in [0.29, 0.717) is 11.7 Å². The Morgan fingerprint density at radius 2 is 1.44 bits per heavy atom. The summed E-state index contributed by atoms with van der Waals surface area (Å²) >= 11 is 0. The molecule has 1 heteroatoms. The monoisotopic (exact) mass is 356 g/mol. The molecular weight excluding hydrogens is 328 g/mol. The lowest BCUT2D eigenvalue weighted by molar-refractivity contribution is 0.467. The van der Waals surface area contributed by atoms with Crippen molar-refractivity contribution in [3.05, 3.63) is 77.4 Å². The molecule has 0 fully saturated rings. The van der Waals surface area contributed by atoms with Crippen molar-refractivity contribution in [3.8, 4) is 28.0 Å². The van der Waals surface area contributed by atoms with Crippen molar-refractivity contribution in [2.45, 2.75) is 51.9 Å². The van der Waals surface area contributed by atoms with E-state index in [1.165, 1.54) is 22.3 Å². The fraction of sp³-hybridized carbons (Fsp3) is 0.308. The van der Waals surface area contributed by atoms with Gasteiger partial charge in [-0.3, -0.25) is 0 Å². The molecule has 0 spiro atoms. The van der Waals surface area contributed by atoms with Gasteiger partial charge in [-0.25, -0.2) is 0 Å². The minimum atomic E-state index is 0.0627. The highest BCUT2D eigenvalue weighted by molar-refractivity contribution is 5.85. The van der Waals surface area contributed by atoms with Crippen LogP contribution in [0.2, 0.25) is 0 Å². The van der Waals surface area contributed by atoms with Crippen molar-refractivity contribution < 1.29 is 5.11 Å². The Hall–Kier alpha value is -2.54. The van der Waals surface area contributed by atoms with E-state index in [9.17, 15) is 5.11 Å². The molecule has 27 heavy (non-hydrogen) atoms. The molecular formula is C26H28O. The normalized spacial score (nSPS) is 14.3. The lowest BCUT2D eigenvalue weighted by Gasteiger charge is -2.30. The first-order valence-corrected chi connectivity index (χ1v) is 10.1. The molecule has 1 N–H and O–H groups in total. The van der Waals surface area contributed by atoms with E-state index >= 15 is 0 Å². The van der Waals surface area contributed by atoms with Gasteiger partial charge in [-0.05, 0) is 58.2 Å². The van der Waals surface area contributed by atoms with Crippen LogP contribution in [0.3, 0.4) is 0 Å². The number of hydrogen-bond acceptors (Lipinski definition) is 1. The second kappa shape index (κ2) is 6.56. The maximum Gasteiger partial charge on any atom is 0.126 e. The summed E-state index contributed by atoms with van der Waals surface area (Å²) in [6.07, 6.45) is 2.16. The topological polar surface area (TPSA) is 20.2 Å². The Balaban J connectivity index is 1.94. The average molecular weight is 357 g/mol. The van der Waals surface area contributed by atoms with Gasteiger partial charge in [0.25, 0.3) is 0 Å². The highest BCUT2D eigenvalue weighted by Gasteiger charge is 2.40. The number of aromatic hydroxyl groups is 1. The minimum absolute atomic E-state index is 0.0627. The van der Waals surface area contributed by atoms with E-state index in [1.807, 2.05) is 12.1 Å². The first kappa shape index (κ1) is 17.9. The predicted molar refractivity (Wildman–Crippen MR) is 114 cm³/mol. The summed E-state index contributed by atoms with van der Waals surface area (Å²) in [6.45, 7) is 8.83. The van der Waals surface area contributed by atoms with Crippen molar-refractivity contribution in [1.82, 2.24) is 0 Å². The molecule has 0 aromatic heterocycles. The Morgan fingerprint density at radius 3 is 2.15 bits per heavy atom. The van der Waals surface area contributed by atoms with Gasteiger partial charge >= 0.3 is 0 Å². The fourth-order valence-corrected chi connectivity index (χ4v) is 4.89. The second-order valence-corrected chi connectivity index (χ2v) is 7.99. The molecule has 0 heterocycles. The van der Waals surface area contributed by atoms with Gasteiger partial charge in [0.15, 0.2) is 0 Å². The Bertz CT molecular complexity index is 993. The Kier molecular flexibility index (Phi) is 4.34. The molecule has 0 unspecified atom stereocenters. The van der Waals surface area contributed by atoms with Crippen molar-refractivity contribution in [3.63, 3.8) is 0 Å². The van der Waals surface area contributed by atoms with Crippen molar-refractivity contribution in [1.29, 1.82) is 0 Å². The van der Waals surface area contributed by atoms with Gasteiger partial charge in [0.05, 0.1) is 0 Å². The van der Waals surface area contributed by atoms with E-state index < -0.39 is 0 Å². The third-order valence-electron chi connectivity index (χ3n) is 6.48. The molecule has 0 saturated heterocycles. The largest absolute Gasteiger partial charge is 0.507 e. The van der Waals surface area contributed by atoms with E-state index in [-0.39, 0.29) is 5.41 Å². The van der Waals surface area contributed by atoms with Crippen LogP contribution in [0.1, 0.15) is 63.1 Å². The SMILES string of the molecule is CCC1(CC)c2ccccc2-c2ccc(-c3cccc(C(C)C)c3O)cc21. The molecule has 0 radical (unpaired) electrons. The molecule has 0 atom stereocenters. The summed E-state index contributed by atoms with van der Waals surface area (Å²) < 4.78 is 0. The van der Waals surface area contributed by atoms with Gasteiger partial charge in [-0.15, -0.1) is 0 Å². The standard InChI is InChI=1S/C26H28O/c1-5-26(6-2)23-13-8-7-10-21(23)22-15-14-18(16-24(22)26)20-12-9-11-19(17(3)4)25(20)27/h7-17,27H,5-6H2,1-4H3. The minimum Gasteiger partial charge on any atom is -0.507 e. The van der Waals surface area contributed by atoms with Crippen LogP contribution in [0.4, 0.5) is 0 Å². The lowest BCUT2D eigenvalue weighted by atomic mass is 9.73. The number of phenols is 1. The molecule has 3 aromatic carbocycles. The van der Waals surface area contributed by atoms with Gasteiger partial charge in [0, 0.05) is 11.0 Å². The summed E-state index contributed by atoms with van der Waals surface area (Å²) in [5.41, 5.74) is 8.67. The number of para-hydroxylation sites is 1. The molecule has 0 bridgehead atoms. The van der Waals surface area contributed by atoms with Crippen LogP contribution >= 0.6 is 0 Å². The van der Waals surface area contributed by atoms with E-state index in [0.717, 1.165) is 29.5 Å². The quantitative estimate of drug-likeness (QED) is 0.521. The van der Waals surface area contributed by atoms with Gasteiger partial charge in [-0.2, -0.15) is 0 Å². The molecule has 4 rings (SSSR count). The lowest BCUT2D eigenvalue weighted by Crippen LogP contribution is -2.23. The number of rotatable bonds is 4. The van der Waals surface area contributed by atoms with Crippen LogP contribution < -0.4 is 0 Å². The summed E-state index contributed by atoms with van der Waals surface area (Å²) in [7, 11) is 0. The Labute approximate surface area is 162 Å². The van der Waals surface area contributed by atoms with Crippen molar-refractivity contribution >= 4 is 0 Å². The summed E-state index contributed by atoms with van der Waals surface area (Å²) in [5.74, 6) is 0.718. The van der Waals surface area contributed by atoms with Crippen LogP contribution in [0.25, 0.3) is 22.3 Å². The highest BCUT2D eigenvalue weighted by atomic mass is 16.3. The zero-order chi connectivity index (χ0) is 19.2. The summed E-state index contributed by atoms with van der Waals surface area (Å²) in [4.78, 5) is 0. The first-order valence-electron chi connectivity index (χ1n) is 10.1. The van der Waals surface area contributed by atoms with E-state index in [2.05, 4.69) is 76.2 Å². The highest BCUT2D eigenvalue weighted by Crippen LogP contribution is 2.53. The number of fused-ring (bicyclic) bond motifs is 3. The number of hydrogen-bond donors (Lipinski definition) is 1. The predicted octanol–water partition coefficient (Wildman–Crippen LogP) is 7.27. The molecule has 0 saturated carbocycles. The zero-order valence-electron chi connectivity index (χ0n) is 16.7. The average Bonchev–Trinajstić information content (AvgIpc) is 2.97. The van der Waals surface area contributed by atoms with E-state index in [1.54, 1.807) is 0 Å². The maximum absolute atomic E-state index is 10.9. The smallest absolute Gasteiger partial charge is 0.126 e. The second-order valence-electron chi connectivity index (χ2n) is 7.99. The Morgan fingerprint density at radius 1 is 0.778 bits per heavy atom. The van der Waals surface area contributed by atoms with Crippen molar-refractivity contribution in [2.24, 2.45) is 0 Å². The third kappa shape index (κ3) is 2.52. The third-order valence-corrected chi connectivity index (χ3v) is 6.48. The molecule has 1 aliphatic carbocycles. The molecule has 3 aromatic rings. The van der Waals surface area contributed by atoms with Crippen molar-refractivity contribution in [2.75, 3.05) is 0 Å². The first-order chi connectivity index (χ1) is 13.0.